The Morgan fingerprint density at radius 3 is 2.63 bits per heavy atom. The highest BCUT2D eigenvalue weighted by molar-refractivity contribution is 8.03. The van der Waals surface area contributed by atoms with Crippen molar-refractivity contribution in [2.75, 3.05) is 14.2 Å². The Morgan fingerprint density at radius 2 is 2.00 bits per heavy atom. The fraction of sp³-hybridized carbons (Fsp3) is 0.350. The molecular formula is C20H21NO5S. The van der Waals surface area contributed by atoms with Gasteiger partial charge in [-0.1, -0.05) is 6.08 Å². The molecular weight excluding hydrogens is 366 g/mol. The molecule has 1 aromatic carbocycles. The Balaban J connectivity index is 1.84. The van der Waals surface area contributed by atoms with E-state index in [1.54, 1.807) is 38.3 Å². The molecule has 3 unspecified atom stereocenters. The van der Waals surface area contributed by atoms with Crippen LogP contribution in [-0.4, -0.2) is 52.7 Å². The van der Waals surface area contributed by atoms with Crippen LogP contribution in [0.2, 0.25) is 0 Å². The molecule has 2 N–H and O–H groups in total. The number of hydrogen-bond acceptors (Lipinski definition) is 6. The van der Waals surface area contributed by atoms with Gasteiger partial charge in [0.1, 0.15) is 6.10 Å². The molecule has 0 aromatic heterocycles. The van der Waals surface area contributed by atoms with Crippen LogP contribution < -0.4 is 9.47 Å². The fourth-order valence-corrected chi connectivity index (χ4v) is 4.97. The average molecular weight is 387 g/mol. The van der Waals surface area contributed by atoms with Crippen LogP contribution in [0.3, 0.4) is 0 Å². The number of rotatable bonds is 4. The molecule has 3 aliphatic heterocycles. The van der Waals surface area contributed by atoms with Crippen LogP contribution in [0.15, 0.2) is 41.5 Å². The standard InChI is InChI=1S/C20H21NO5S/c1-25-17-7-11-6-15(19-4-3-5-27-19)21-10-13(20(23)24)16(22)9-14(21)12(11)8-18(17)26-2/h3,5,7-10,15-16,19,22H,4,6H2,1-2H3,(H,23,24). The molecule has 0 spiro atoms. The van der Waals surface area contributed by atoms with Crippen LogP contribution >= 0.6 is 11.8 Å². The molecule has 1 aromatic rings. The molecule has 3 aliphatic rings. The highest BCUT2D eigenvalue weighted by Gasteiger charge is 2.39. The molecule has 4 rings (SSSR count). The summed E-state index contributed by atoms with van der Waals surface area (Å²) in [6.07, 6.45) is 5.89. The second-order valence-electron chi connectivity index (χ2n) is 6.71. The SMILES string of the molecule is COc1cc2c(cc1OC)C1=CC(O)C(C(=O)O)=CN1C(C1CC=CS1)C2. The van der Waals surface area contributed by atoms with E-state index < -0.39 is 12.1 Å². The zero-order valence-electron chi connectivity index (χ0n) is 15.1. The summed E-state index contributed by atoms with van der Waals surface area (Å²) in [7, 11) is 3.19. The van der Waals surface area contributed by atoms with Gasteiger partial charge in [-0.25, -0.2) is 4.79 Å². The maximum atomic E-state index is 11.6. The lowest BCUT2D eigenvalue weighted by Crippen LogP contribution is -2.45. The number of carboxylic acid groups (broad SMARTS) is 1. The molecule has 0 aliphatic carbocycles. The van der Waals surface area contributed by atoms with Crippen LogP contribution in [0.25, 0.3) is 5.70 Å². The maximum absolute atomic E-state index is 11.6. The number of aliphatic hydroxyl groups excluding tert-OH is 1. The summed E-state index contributed by atoms with van der Waals surface area (Å²) < 4.78 is 10.9. The minimum atomic E-state index is -1.15. The Bertz CT molecular complexity index is 867. The van der Waals surface area contributed by atoms with Crippen molar-refractivity contribution in [2.45, 2.75) is 30.2 Å². The molecule has 3 heterocycles. The topological polar surface area (TPSA) is 79.2 Å². The molecule has 7 heteroatoms. The molecule has 0 fully saturated rings. The van der Waals surface area contributed by atoms with E-state index in [0.29, 0.717) is 16.7 Å². The largest absolute Gasteiger partial charge is 0.493 e. The van der Waals surface area contributed by atoms with Gasteiger partial charge in [-0.05, 0) is 42.0 Å². The Morgan fingerprint density at radius 1 is 1.26 bits per heavy atom. The Hall–Kier alpha value is -2.38. The van der Waals surface area contributed by atoms with Gasteiger partial charge in [-0.2, -0.15) is 0 Å². The number of thioether (sulfide) groups is 1. The summed E-state index contributed by atoms with van der Waals surface area (Å²) in [5.41, 5.74) is 2.84. The molecule has 0 saturated carbocycles. The number of aliphatic carboxylic acids is 1. The van der Waals surface area contributed by atoms with Crippen molar-refractivity contribution >= 4 is 23.4 Å². The highest BCUT2D eigenvalue weighted by Crippen LogP contribution is 2.45. The number of allylic oxidation sites excluding steroid dienone is 1. The number of fused-ring (bicyclic) bond motifs is 3. The second-order valence-corrected chi connectivity index (χ2v) is 7.86. The van der Waals surface area contributed by atoms with E-state index >= 15 is 0 Å². The zero-order valence-corrected chi connectivity index (χ0v) is 15.9. The van der Waals surface area contributed by atoms with Crippen molar-refractivity contribution in [1.29, 1.82) is 0 Å². The van der Waals surface area contributed by atoms with Gasteiger partial charge in [0.05, 0.1) is 25.8 Å². The van der Waals surface area contributed by atoms with Crippen LogP contribution in [-0.2, 0) is 11.2 Å². The lowest BCUT2D eigenvalue weighted by molar-refractivity contribution is -0.133. The van der Waals surface area contributed by atoms with Gasteiger partial charge in [0.2, 0.25) is 0 Å². The van der Waals surface area contributed by atoms with Crippen molar-refractivity contribution in [3.05, 3.63) is 52.6 Å². The predicted octanol–water partition coefficient (Wildman–Crippen LogP) is 2.63. The molecule has 0 amide bonds. The van der Waals surface area contributed by atoms with Crippen molar-refractivity contribution in [3.8, 4) is 11.5 Å². The van der Waals surface area contributed by atoms with E-state index in [1.165, 1.54) is 0 Å². The summed E-state index contributed by atoms with van der Waals surface area (Å²) in [6, 6.07) is 3.97. The summed E-state index contributed by atoms with van der Waals surface area (Å²) in [4.78, 5) is 13.6. The number of carbonyl (C=O) groups is 1. The Kier molecular flexibility index (Phi) is 4.65. The summed E-state index contributed by atoms with van der Waals surface area (Å²) in [5.74, 6) is 0.168. The van der Waals surface area contributed by atoms with Gasteiger partial charge < -0.3 is 24.6 Å². The minimum absolute atomic E-state index is 0.0105. The molecule has 3 atom stereocenters. The minimum Gasteiger partial charge on any atom is -0.493 e. The van der Waals surface area contributed by atoms with E-state index in [1.807, 2.05) is 17.0 Å². The van der Waals surface area contributed by atoms with E-state index in [-0.39, 0.29) is 11.6 Å². The molecule has 0 bridgehead atoms. The van der Waals surface area contributed by atoms with E-state index in [9.17, 15) is 15.0 Å². The van der Waals surface area contributed by atoms with E-state index in [4.69, 9.17) is 9.47 Å². The molecule has 0 saturated heterocycles. The molecule has 0 radical (unpaired) electrons. The van der Waals surface area contributed by atoms with Crippen molar-refractivity contribution in [1.82, 2.24) is 4.90 Å². The predicted molar refractivity (Wildman–Crippen MR) is 104 cm³/mol. The molecule has 27 heavy (non-hydrogen) atoms. The van der Waals surface area contributed by atoms with Crippen LogP contribution in [0, 0.1) is 0 Å². The normalized spacial score (nSPS) is 26.0. The van der Waals surface area contributed by atoms with Crippen molar-refractivity contribution < 1.29 is 24.5 Å². The van der Waals surface area contributed by atoms with Gasteiger partial charge in [-0.3, -0.25) is 0 Å². The van der Waals surface area contributed by atoms with Crippen LogP contribution in [0.5, 0.6) is 11.5 Å². The van der Waals surface area contributed by atoms with Gasteiger partial charge in [0, 0.05) is 22.7 Å². The lowest BCUT2D eigenvalue weighted by atomic mass is 9.86. The van der Waals surface area contributed by atoms with E-state index in [0.717, 1.165) is 29.7 Å². The third kappa shape index (κ3) is 3.00. The quantitative estimate of drug-likeness (QED) is 0.822. The van der Waals surface area contributed by atoms with Crippen molar-refractivity contribution in [2.24, 2.45) is 0 Å². The number of ether oxygens (including phenoxy) is 2. The number of hydrogen-bond donors (Lipinski definition) is 2. The third-order valence-electron chi connectivity index (χ3n) is 5.26. The molecule has 6 nitrogen and oxygen atoms in total. The Labute approximate surface area is 161 Å². The van der Waals surface area contributed by atoms with Crippen LogP contribution in [0.4, 0.5) is 0 Å². The third-order valence-corrected chi connectivity index (χ3v) is 6.46. The van der Waals surface area contributed by atoms with Crippen LogP contribution in [0.1, 0.15) is 17.5 Å². The summed E-state index contributed by atoms with van der Waals surface area (Å²) in [5, 5.41) is 22.2. The fourth-order valence-electron chi connectivity index (χ4n) is 3.92. The molecule has 142 valence electrons. The van der Waals surface area contributed by atoms with E-state index in [2.05, 4.69) is 11.5 Å². The monoisotopic (exact) mass is 387 g/mol. The number of aliphatic hydroxyl groups is 1. The number of methoxy groups -OCH3 is 2. The van der Waals surface area contributed by atoms with Gasteiger partial charge in [-0.15, -0.1) is 11.8 Å². The van der Waals surface area contributed by atoms with Gasteiger partial charge in [0.15, 0.2) is 11.5 Å². The van der Waals surface area contributed by atoms with Gasteiger partial charge in [0.25, 0.3) is 0 Å². The first kappa shape index (κ1) is 18.0. The number of nitrogens with zero attached hydrogens (tertiary/aromatic N) is 1. The van der Waals surface area contributed by atoms with Gasteiger partial charge >= 0.3 is 5.97 Å². The highest BCUT2D eigenvalue weighted by atomic mass is 32.2. The number of carboxylic acids is 1. The summed E-state index contributed by atoms with van der Waals surface area (Å²) in [6.45, 7) is 0. The first-order valence-corrected chi connectivity index (χ1v) is 9.66. The zero-order chi connectivity index (χ0) is 19.1. The number of benzene rings is 1. The smallest absolute Gasteiger partial charge is 0.336 e. The second kappa shape index (κ2) is 6.98. The summed E-state index contributed by atoms with van der Waals surface area (Å²) >= 11 is 1.76. The first-order valence-electron chi connectivity index (χ1n) is 8.72. The lowest BCUT2D eigenvalue weighted by Gasteiger charge is -2.43. The first-order chi connectivity index (χ1) is 13.0. The van der Waals surface area contributed by atoms with Crippen molar-refractivity contribution in [3.63, 3.8) is 0 Å². The maximum Gasteiger partial charge on any atom is 0.336 e. The average Bonchev–Trinajstić information content (AvgIpc) is 3.20.